The Morgan fingerprint density at radius 2 is 1.75 bits per heavy atom. The maximum absolute atomic E-state index is 4.00. The van der Waals surface area contributed by atoms with Crippen LogP contribution in [-0.2, 0) is 0 Å². The van der Waals surface area contributed by atoms with E-state index in [0.29, 0.717) is 12.1 Å². The first-order valence-corrected chi connectivity index (χ1v) is 4.85. The van der Waals surface area contributed by atoms with Crippen molar-refractivity contribution in [3.8, 4) is 0 Å². The van der Waals surface area contributed by atoms with Gasteiger partial charge in [-0.15, -0.1) is 0 Å². The molecule has 1 unspecified atom stereocenters. The van der Waals surface area contributed by atoms with E-state index >= 15 is 0 Å². The van der Waals surface area contributed by atoms with E-state index in [1.54, 1.807) is 0 Å². The van der Waals surface area contributed by atoms with Gasteiger partial charge in [-0.2, -0.15) is 0 Å². The van der Waals surface area contributed by atoms with E-state index in [1.165, 1.54) is 12.0 Å². The van der Waals surface area contributed by atoms with Gasteiger partial charge in [0.2, 0.25) is 0 Å². The minimum Gasteiger partial charge on any atom is -0.308 e. The predicted octanol–water partition coefficient (Wildman–Crippen LogP) is 2.98. The van der Waals surface area contributed by atoms with E-state index in [0.717, 1.165) is 5.92 Å². The van der Waals surface area contributed by atoms with Crippen LogP contribution in [-0.4, -0.2) is 12.1 Å². The van der Waals surface area contributed by atoms with E-state index < -0.39 is 0 Å². The van der Waals surface area contributed by atoms with Crippen molar-refractivity contribution >= 4 is 0 Å². The second-order valence-corrected chi connectivity index (χ2v) is 4.35. The molecule has 1 N–H and O–H groups in total. The highest BCUT2D eigenvalue weighted by atomic mass is 14.9. The Balaban J connectivity index is 3.96. The van der Waals surface area contributed by atoms with Crippen molar-refractivity contribution in [1.82, 2.24) is 5.32 Å². The monoisotopic (exact) mass is 169 g/mol. The Labute approximate surface area is 77.2 Å². The second kappa shape index (κ2) is 5.36. The first-order chi connectivity index (χ1) is 5.43. The van der Waals surface area contributed by atoms with Gasteiger partial charge < -0.3 is 5.32 Å². The van der Waals surface area contributed by atoms with Crippen LogP contribution >= 0.6 is 0 Å². The quantitative estimate of drug-likeness (QED) is 0.624. The summed E-state index contributed by atoms with van der Waals surface area (Å²) in [7, 11) is 0. The molecule has 0 aliphatic carbocycles. The van der Waals surface area contributed by atoms with Crippen LogP contribution in [0.5, 0.6) is 0 Å². The molecule has 1 nitrogen and oxygen atoms in total. The van der Waals surface area contributed by atoms with Gasteiger partial charge in [0.1, 0.15) is 0 Å². The number of hydrogen-bond acceptors (Lipinski definition) is 1. The SMILES string of the molecule is C=C(C)C(CC(C)C)NC(C)C. The molecule has 0 aromatic carbocycles. The minimum absolute atomic E-state index is 0.491. The minimum atomic E-state index is 0.491. The van der Waals surface area contributed by atoms with Gasteiger partial charge in [0.05, 0.1) is 0 Å². The van der Waals surface area contributed by atoms with Crippen molar-refractivity contribution in [2.24, 2.45) is 5.92 Å². The Bertz CT molecular complexity index is 126. The molecule has 0 saturated heterocycles. The molecule has 0 spiro atoms. The highest BCUT2D eigenvalue weighted by Crippen LogP contribution is 2.11. The molecule has 0 bridgehead atoms. The van der Waals surface area contributed by atoms with Gasteiger partial charge in [-0.3, -0.25) is 0 Å². The van der Waals surface area contributed by atoms with Crippen LogP contribution < -0.4 is 5.32 Å². The summed E-state index contributed by atoms with van der Waals surface area (Å²) in [5.74, 6) is 0.734. The van der Waals surface area contributed by atoms with Crippen LogP contribution in [0.1, 0.15) is 41.0 Å². The first-order valence-electron chi connectivity index (χ1n) is 4.85. The highest BCUT2D eigenvalue weighted by molar-refractivity contribution is 5.02. The van der Waals surface area contributed by atoms with Crippen LogP contribution in [0.25, 0.3) is 0 Å². The summed E-state index contributed by atoms with van der Waals surface area (Å²) < 4.78 is 0. The molecule has 1 heteroatoms. The average Bonchev–Trinajstić information content (AvgIpc) is 1.83. The van der Waals surface area contributed by atoms with E-state index in [4.69, 9.17) is 0 Å². The fourth-order valence-corrected chi connectivity index (χ4v) is 1.29. The number of rotatable bonds is 5. The first kappa shape index (κ1) is 11.7. The molecule has 0 aromatic heterocycles. The van der Waals surface area contributed by atoms with Gasteiger partial charge >= 0.3 is 0 Å². The molecule has 12 heavy (non-hydrogen) atoms. The normalized spacial score (nSPS) is 13.9. The van der Waals surface area contributed by atoms with Gasteiger partial charge in [0, 0.05) is 12.1 Å². The summed E-state index contributed by atoms with van der Waals surface area (Å²) in [5.41, 5.74) is 1.25. The van der Waals surface area contributed by atoms with Gasteiger partial charge in [-0.05, 0) is 19.3 Å². The summed E-state index contributed by atoms with van der Waals surface area (Å²) in [5, 5.41) is 3.51. The lowest BCUT2D eigenvalue weighted by molar-refractivity contribution is 0.428. The Kier molecular flexibility index (Phi) is 5.23. The zero-order chi connectivity index (χ0) is 9.72. The summed E-state index contributed by atoms with van der Waals surface area (Å²) in [6.07, 6.45) is 1.19. The molecule has 0 rings (SSSR count). The fraction of sp³-hybridized carbons (Fsp3) is 0.818. The smallest absolute Gasteiger partial charge is 0.0278 e. The molecule has 72 valence electrons. The van der Waals surface area contributed by atoms with Crippen LogP contribution in [0.2, 0.25) is 0 Å². The van der Waals surface area contributed by atoms with Crippen molar-refractivity contribution in [3.05, 3.63) is 12.2 Å². The van der Waals surface area contributed by atoms with Crippen molar-refractivity contribution in [1.29, 1.82) is 0 Å². The molecule has 0 radical (unpaired) electrons. The third-order valence-corrected chi connectivity index (χ3v) is 1.84. The van der Waals surface area contributed by atoms with Crippen LogP contribution in [0.4, 0.5) is 0 Å². The van der Waals surface area contributed by atoms with Gasteiger partial charge in [-0.25, -0.2) is 0 Å². The summed E-state index contributed by atoms with van der Waals surface area (Å²) >= 11 is 0. The molecular formula is C11H23N. The number of nitrogens with one attached hydrogen (secondary N) is 1. The van der Waals surface area contributed by atoms with E-state index in [1.807, 2.05) is 0 Å². The molecule has 1 atom stereocenters. The zero-order valence-corrected chi connectivity index (χ0v) is 9.15. The van der Waals surface area contributed by atoms with Crippen molar-refractivity contribution in [3.63, 3.8) is 0 Å². The van der Waals surface area contributed by atoms with Gasteiger partial charge in [0.25, 0.3) is 0 Å². The van der Waals surface area contributed by atoms with Crippen molar-refractivity contribution < 1.29 is 0 Å². The fourth-order valence-electron chi connectivity index (χ4n) is 1.29. The molecule has 0 saturated carbocycles. The topological polar surface area (TPSA) is 12.0 Å². The third-order valence-electron chi connectivity index (χ3n) is 1.84. The lowest BCUT2D eigenvalue weighted by Crippen LogP contribution is -2.36. The van der Waals surface area contributed by atoms with Crippen LogP contribution in [0, 0.1) is 5.92 Å². The Hall–Kier alpha value is -0.300. The standard InChI is InChI=1S/C11H23N/c1-8(2)7-11(9(3)4)12-10(5)6/h8,10-12H,3,7H2,1-2,4-6H3. The molecule has 0 amide bonds. The zero-order valence-electron chi connectivity index (χ0n) is 9.15. The Morgan fingerprint density at radius 1 is 1.25 bits per heavy atom. The molecule has 0 heterocycles. The van der Waals surface area contributed by atoms with E-state index in [9.17, 15) is 0 Å². The van der Waals surface area contributed by atoms with Crippen molar-refractivity contribution in [2.75, 3.05) is 0 Å². The van der Waals surface area contributed by atoms with Crippen LogP contribution in [0.3, 0.4) is 0 Å². The summed E-state index contributed by atoms with van der Waals surface area (Å²) in [4.78, 5) is 0. The molecular weight excluding hydrogens is 146 g/mol. The molecule has 0 aliphatic rings. The maximum Gasteiger partial charge on any atom is 0.0278 e. The van der Waals surface area contributed by atoms with Crippen LogP contribution in [0.15, 0.2) is 12.2 Å². The maximum atomic E-state index is 4.00. The predicted molar refractivity (Wildman–Crippen MR) is 56.3 cm³/mol. The molecule has 0 fully saturated rings. The second-order valence-electron chi connectivity index (χ2n) is 4.35. The van der Waals surface area contributed by atoms with Crippen molar-refractivity contribution in [2.45, 2.75) is 53.1 Å². The third kappa shape index (κ3) is 5.36. The molecule has 0 aromatic rings. The summed E-state index contributed by atoms with van der Waals surface area (Å²) in [6, 6.07) is 1.04. The highest BCUT2D eigenvalue weighted by Gasteiger charge is 2.11. The number of hydrogen-bond donors (Lipinski definition) is 1. The van der Waals surface area contributed by atoms with Gasteiger partial charge in [0.15, 0.2) is 0 Å². The average molecular weight is 169 g/mol. The van der Waals surface area contributed by atoms with E-state index in [-0.39, 0.29) is 0 Å². The summed E-state index contributed by atoms with van der Waals surface area (Å²) in [6.45, 7) is 14.9. The van der Waals surface area contributed by atoms with Gasteiger partial charge in [-0.1, -0.05) is 39.8 Å². The van der Waals surface area contributed by atoms with E-state index in [2.05, 4.69) is 46.5 Å². The Morgan fingerprint density at radius 3 is 2.00 bits per heavy atom. The molecule has 0 aliphatic heterocycles. The lowest BCUT2D eigenvalue weighted by atomic mass is 9.98. The largest absolute Gasteiger partial charge is 0.308 e. The lowest BCUT2D eigenvalue weighted by Gasteiger charge is -2.23.